The van der Waals surface area contributed by atoms with Crippen LogP contribution in [0, 0.1) is 0 Å². The first-order valence-electron chi connectivity index (χ1n) is 5.09. The second kappa shape index (κ2) is 10.3. The number of rotatable bonds is 0. The third kappa shape index (κ3) is 23.0. The number of aliphatic hydroxyl groups is 2. The van der Waals surface area contributed by atoms with Crippen LogP contribution >= 0.6 is 0 Å². The molecule has 0 aliphatic heterocycles. The average molecular weight is 230 g/mol. The first kappa shape index (κ1) is 17.1. The first-order valence-corrected chi connectivity index (χ1v) is 5.09. The molecule has 0 aliphatic carbocycles. The predicted molar refractivity (Wildman–Crippen MR) is 64.5 cm³/mol. The van der Waals surface area contributed by atoms with Crippen LogP contribution in [0.15, 0.2) is 24.3 Å². The molecular formula is C12H22O4. The number of hydrogen-bond acceptors (Lipinski definition) is 4. The Morgan fingerprint density at radius 1 is 0.688 bits per heavy atom. The van der Waals surface area contributed by atoms with Crippen LogP contribution in [-0.4, -0.2) is 32.6 Å². The third-order valence-corrected chi connectivity index (χ3v) is 0.850. The summed E-state index contributed by atoms with van der Waals surface area (Å²) in [5, 5.41) is 33.4. The zero-order valence-corrected chi connectivity index (χ0v) is 10.3. The highest BCUT2D eigenvalue weighted by Gasteiger charge is 1.84. The highest BCUT2D eigenvalue weighted by molar-refractivity contribution is 5.28. The summed E-state index contributed by atoms with van der Waals surface area (Å²) in [6, 6.07) is 5.70. The molecule has 1 aromatic carbocycles. The van der Waals surface area contributed by atoms with Crippen LogP contribution in [0.1, 0.15) is 27.7 Å². The van der Waals surface area contributed by atoms with Crippen molar-refractivity contribution in [2.24, 2.45) is 0 Å². The molecule has 0 radical (unpaired) electrons. The van der Waals surface area contributed by atoms with E-state index in [4.69, 9.17) is 20.4 Å². The van der Waals surface area contributed by atoms with Crippen molar-refractivity contribution in [1.82, 2.24) is 0 Å². The maximum Gasteiger partial charge on any atom is 0.115 e. The van der Waals surface area contributed by atoms with Crippen LogP contribution in [-0.2, 0) is 0 Å². The van der Waals surface area contributed by atoms with E-state index >= 15 is 0 Å². The molecule has 0 aromatic heterocycles. The number of hydrogen-bond donors (Lipinski definition) is 4. The van der Waals surface area contributed by atoms with Gasteiger partial charge in [0.1, 0.15) is 11.5 Å². The van der Waals surface area contributed by atoms with Crippen molar-refractivity contribution in [3.8, 4) is 11.5 Å². The molecule has 1 aromatic rings. The van der Waals surface area contributed by atoms with Gasteiger partial charge in [-0.2, -0.15) is 0 Å². The summed E-state index contributed by atoms with van der Waals surface area (Å²) in [6.45, 7) is 6.89. The van der Waals surface area contributed by atoms with Crippen LogP contribution in [0.3, 0.4) is 0 Å². The number of phenolic OH excluding ortho intramolecular Hbond substituents is 2. The highest BCUT2D eigenvalue weighted by Crippen LogP contribution is 2.13. The second-order valence-corrected chi connectivity index (χ2v) is 3.70. The fraction of sp³-hybridized carbons (Fsp3) is 0.500. The average Bonchev–Trinajstić information content (AvgIpc) is 2.08. The highest BCUT2D eigenvalue weighted by atomic mass is 16.3. The summed E-state index contributed by atoms with van der Waals surface area (Å²) < 4.78 is 0. The monoisotopic (exact) mass is 230 g/mol. The van der Waals surface area contributed by atoms with E-state index in [-0.39, 0.29) is 23.7 Å². The fourth-order valence-electron chi connectivity index (χ4n) is 0.453. The lowest BCUT2D eigenvalue weighted by atomic mass is 10.3. The number of benzene rings is 1. The Balaban J connectivity index is 0. The van der Waals surface area contributed by atoms with E-state index in [1.165, 1.54) is 24.3 Å². The topological polar surface area (TPSA) is 80.9 Å². The van der Waals surface area contributed by atoms with Gasteiger partial charge in [0.25, 0.3) is 0 Å². The Morgan fingerprint density at radius 3 is 0.938 bits per heavy atom. The molecule has 4 N–H and O–H groups in total. The van der Waals surface area contributed by atoms with Crippen molar-refractivity contribution in [3.05, 3.63) is 24.3 Å². The fourth-order valence-corrected chi connectivity index (χ4v) is 0.453. The molecule has 0 fully saturated rings. The molecule has 0 amide bonds. The first-order chi connectivity index (χ1) is 7.25. The lowest BCUT2D eigenvalue weighted by Crippen LogP contribution is -1.85. The summed E-state index contributed by atoms with van der Waals surface area (Å²) in [6.07, 6.45) is -0.333. The van der Waals surface area contributed by atoms with E-state index in [9.17, 15) is 0 Å². The quantitative estimate of drug-likeness (QED) is 0.513. The van der Waals surface area contributed by atoms with E-state index in [0.29, 0.717) is 0 Å². The molecule has 0 atom stereocenters. The SMILES string of the molecule is CC(C)O.CC(C)O.Oc1ccc(O)cc1. The minimum Gasteiger partial charge on any atom is -0.508 e. The molecule has 0 heterocycles. The largest absolute Gasteiger partial charge is 0.508 e. The molecule has 1 rings (SSSR count). The van der Waals surface area contributed by atoms with Gasteiger partial charge in [-0.15, -0.1) is 0 Å². The van der Waals surface area contributed by atoms with Crippen molar-refractivity contribution in [3.63, 3.8) is 0 Å². The molecule has 0 aliphatic rings. The minimum absolute atomic E-state index is 0.167. The van der Waals surface area contributed by atoms with Crippen LogP contribution in [0.25, 0.3) is 0 Å². The Labute approximate surface area is 96.8 Å². The zero-order chi connectivity index (χ0) is 13.1. The molecule has 0 spiro atoms. The van der Waals surface area contributed by atoms with Gasteiger partial charge in [-0.05, 0) is 52.0 Å². The Morgan fingerprint density at radius 2 is 0.812 bits per heavy atom. The van der Waals surface area contributed by atoms with Gasteiger partial charge >= 0.3 is 0 Å². The minimum atomic E-state index is -0.167. The zero-order valence-electron chi connectivity index (χ0n) is 10.3. The Hall–Kier alpha value is -1.26. The lowest BCUT2D eigenvalue weighted by Gasteiger charge is -1.88. The molecule has 4 nitrogen and oxygen atoms in total. The molecule has 4 heteroatoms. The van der Waals surface area contributed by atoms with Crippen molar-refractivity contribution in [2.45, 2.75) is 39.9 Å². The predicted octanol–water partition coefficient (Wildman–Crippen LogP) is 1.87. The summed E-state index contributed by atoms with van der Waals surface area (Å²) >= 11 is 0. The van der Waals surface area contributed by atoms with Gasteiger partial charge in [0.15, 0.2) is 0 Å². The van der Waals surface area contributed by atoms with Gasteiger partial charge in [0.05, 0.1) is 0 Å². The third-order valence-electron chi connectivity index (χ3n) is 0.850. The van der Waals surface area contributed by atoms with Crippen LogP contribution in [0.4, 0.5) is 0 Å². The Kier molecular flexibility index (Phi) is 11.0. The van der Waals surface area contributed by atoms with E-state index in [1.54, 1.807) is 27.7 Å². The van der Waals surface area contributed by atoms with Crippen LogP contribution in [0.5, 0.6) is 11.5 Å². The summed E-state index contributed by atoms with van der Waals surface area (Å²) in [5.41, 5.74) is 0. The van der Waals surface area contributed by atoms with Crippen molar-refractivity contribution >= 4 is 0 Å². The standard InChI is InChI=1S/C6H6O2.2C3H8O/c7-5-1-2-6(8)4-3-5;2*1-3(2)4/h1-4,7-8H;2*3-4H,1-2H3. The van der Waals surface area contributed by atoms with Gasteiger partial charge in [-0.1, -0.05) is 0 Å². The molecule has 16 heavy (non-hydrogen) atoms. The maximum absolute atomic E-state index is 8.65. The van der Waals surface area contributed by atoms with Gasteiger partial charge in [0, 0.05) is 12.2 Å². The van der Waals surface area contributed by atoms with Crippen molar-refractivity contribution in [2.75, 3.05) is 0 Å². The normalized spacial score (nSPS) is 9.00. The number of aromatic hydroxyl groups is 2. The summed E-state index contributed by atoms with van der Waals surface area (Å²) in [7, 11) is 0. The second-order valence-electron chi connectivity index (χ2n) is 3.70. The van der Waals surface area contributed by atoms with E-state index in [1.807, 2.05) is 0 Å². The lowest BCUT2D eigenvalue weighted by molar-refractivity contribution is 0.215. The molecule has 94 valence electrons. The number of aliphatic hydroxyl groups excluding tert-OH is 2. The molecule has 0 saturated heterocycles. The Bertz CT molecular complexity index is 209. The van der Waals surface area contributed by atoms with E-state index in [0.717, 1.165) is 0 Å². The van der Waals surface area contributed by atoms with Crippen molar-refractivity contribution < 1.29 is 20.4 Å². The molecule has 0 bridgehead atoms. The van der Waals surface area contributed by atoms with Gasteiger partial charge in [-0.25, -0.2) is 0 Å². The molecule has 0 unspecified atom stereocenters. The van der Waals surface area contributed by atoms with Crippen molar-refractivity contribution in [1.29, 1.82) is 0 Å². The summed E-state index contributed by atoms with van der Waals surface area (Å²) in [5.74, 6) is 0.339. The van der Waals surface area contributed by atoms with Gasteiger partial charge < -0.3 is 20.4 Å². The van der Waals surface area contributed by atoms with Gasteiger partial charge in [-0.3, -0.25) is 0 Å². The molecular weight excluding hydrogens is 208 g/mol. The maximum atomic E-state index is 8.65. The van der Waals surface area contributed by atoms with E-state index < -0.39 is 0 Å². The van der Waals surface area contributed by atoms with Gasteiger partial charge in [0.2, 0.25) is 0 Å². The van der Waals surface area contributed by atoms with Crippen LogP contribution in [0.2, 0.25) is 0 Å². The van der Waals surface area contributed by atoms with E-state index in [2.05, 4.69) is 0 Å². The molecule has 0 saturated carbocycles. The number of phenols is 2. The summed E-state index contributed by atoms with van der Waals surface area (Å²) in [4.78, 5) is 0. The smallest absolute Gasteiger partial charge is 0.115 e. The van der Waals surface area contributed by atoms with Crippen LogP contribution < -0.4 is 0 Å².